The molecule has 0 spiro atoms. The number of carbonyl (C=O) groups is 1. The number of hydrogen-bond acceptors (Lipinski definition) is 3. The Hall–Kier alpha value is -1.87. The molecule has 0 amide bonds. The number of halogens is 1. The fourth-order valence-electron chi connectivity index (χ4n) is 1.68. The minimum atomic E-state index is -0.0620. The smallest absolute Gasteiger partial charge is 0.224 e. The predicted octanol–water partition coefficient (Wildman–Crippen LogP) is 3.17. The van der Waals surface area contributed by atoms with E-state index >= 15 is 0 Å². The highest BCUT2D eigenvalue weighted by molar-refractivity contribution is 6.31. The third-order valence-corrected chi connectivity index (χ3v) is 2.94. The van der Waals surface area contributed by atoms with E-state index in [0.29, 0.717) is 16.5 Å². The van der Waals surface area contributed by atoms with Gasteiger partial charge >= 0.3 is 0 Å². The lowest BCUT2D eigenvalue weighted by atomic mass is 10.0. The summed E-state index contributed by atoms with van der Waals surface area (Å²) in [4.78, 5) is 16.2. The first-order valence-corrected chi connectivity index (χ1v) is 5.86. The summed E-state index contributed by atoms with van der Waals surface area (Å²) in [5.74, 6) is 0.280. The molecule has 0 bridgehead atoms. The number of Topliss-reactive ketones (excluding diaryl/α,β-unsaturated/α-hetero) is 1. The monoisotopic (exact) mass is 261 g/mol. The molecule has 0 atom stereocenters. The van der Waals surface area contributed by atoms with Crippen LogP contribution in [0.4, 0.5) is 0 Å². The maximum atomic E-state index is 12.2. The van der Waals surface area contributed by atoms with Crippen LogP contribution < -0.4 is 4.74 Å². The van der Waals surface area contributed by atoms with Crippen LogP contribution in [0.3, 0.4) is 0 Å². The van der Waals surface area contributed by atoms with Crippen molar-refractivity contribution in [3.05, 3.63) is 58.7 Å². The molecule has 0 saturated carbocycles. The molecule has 18 heavy (non-hydrogen) atoms. The maximum absolute atomic E-state index is 12.2. The molecule has 2 aromatic rings. The maximum Gasteiger partial charge on any atom is 0.224 e. The highest BCUT2D eigenvalue weighted by Gasteiger charge is 2.14. The van der Waals surface area contributed by atoms with E-state index in [4.69, 9.17) is 16.3 Å². The van der Waals surface area contributed by atoms with Crippen LogP contribution in [0.1, 0.15) is 15.9 Å². The van der Waals surface area contributed by atoms with Gasteiger partial charge in [0.05, 0.1) is 12.7 Å². The Balaban J connectivity index is 2.25. The van der Waals surface area contributed by atoms with Crippen LogP contribution in [0.25, 0.3) is 0 Å². The number of rotatable bonds is 4. The number of pyridine rings is 1. The third kappa shape index (κ3) is 2.68. The number of carbonyl (C=O) groups excluding carboxylic acids is 1. The van der Waals surface area contributed by atoms with Gasteiger partial charge in [-0.15, -0.1) is 0 Å². The number of benzene rings is 1. The molecule has 0 radical (unpaired) electrons. The van der Waals surface area contributed by atoms with Crippen LogP contribution in [-0.4, -0.2) is 17.9 Å². The van der Waals surface area contributed by atoms with Crippen LogP contribution in [0.15, 0.2) is 42.6 Å². The standard InChI is InChI=1S/C14H12ClNO2/c1-18-14-11(6-4-8-16-14)13(17)9-10-5-2-3-7-12(10)15/h2-8H,9H2,1H3. The second-order valence-electron chi connectivity index (χ2n) is 3.75. The summed E-state index contributed by atoms with van der Waals surface area (Å²) < 4.78 is 5.07. The van der Waals surface area contributed by atoms with E-state index < -0.39 is 0 Å². The molecule has 92 valence electrons. The average Bonchev–Trinajstić information content (AvgIpc) is 2.41. The number of hydrogen-bond donors (Lipinski definition) is 0. The zero-order valence-electron chi connectivity index (χ0n) is 9.89. The molecule has 0 fully saturated rings. The Morgan fingerprint density at radius 2 is 2.06 bits per heavy atom. The first-order chi connectivity index (χ1) is 8.72. The van der Waals surface area contributed by atoms with E-state index in [1.165, 1.54) is 7.11 Å². The van der Waals surface area contributed by atoms with Gasteiger partial charge in [-0.2, -0.15) is 0 Å². The quantitative estimate of drug-likeness (QED) is 0.794. The van der Waals surface area contributed by atoms with Gasteiger partial charge in [0.1, 0.15) is 0 Å². The summed E-state index contributed by atoms with van der Waals surface area (Å²) in [7, 11) is 1.49. The Morgan fingerprint density at radius 1 is 1.28 bits per heavy atom. The predicted molar refractivity (Wildman–Crippen MR) is 70.3 cm³/mol. The van der Waals surface area contributed by atoms with Crippen LogP contribution in [0.2, 0.25) is 5.02 Å². The Morgan fingerprint density at radius 3 is 2.78 bits per heavy atom. The molecular weight excluding hydrogens is 250 g/mol. The van der Waals surface area contributed by atoms with Crippen LogP contribution in [0, 0.1) is 0 Å². The van der Waals surface area contributed by atoms with Crippen molar-refractivity contribution in [3.63, 3.8) is 0 Å². The van der Waals surface area contributed by atoms with Gasteiger partial charge in [-0.25, -0.2) is 4.98 Å². The second kappa shape index (κ2) is 5.65. The third-order valence-electron chi connectivity index (χ3n) is 2.57. The molecule has 1 aromatic carbocycles. The van der Waals surface area contributed by atoms with Crippen molar-refractivity contribution in [1.82, 2.24) is 4.98 Å². The first kappa shape index (κ1) is 12.6. The van der Waals surface area contributed by atoms with Gasteiger partial charge in [-0.1, -0.05) is 29.8 Å². The van der Waals surface area contributed by atoms with Crippen molar-refractivity contribution >= 4 is 17.4 Å². The molecule has 0 saturated heterocycles. The van der Waals surface area contributed by atoms with Gasteiger partial charge < -0.3 is 4.74 Å². The Kier molecular flexibility index (Phi) is 3.95. The van der Waals surface area contributed by atoms with Gasteiger partial charge in [0.15, 0.2) is 5.78 Å². The van der Waals surface area contributed by atoms with Crippen LogP contribution in [-0.2, 0) is 6.42 Å². The van der Waals surface area contributed by atoms with Crippen molar-refractivity contribution in [1.29, 1.82) is 0 Å². The van der Waals surface area contributed by atoms with Crippen molar-refractivity contribution in [2.75, 3.05) is 7.11 Å². The largest absolute Gasteiger partial charge is 0.480 e. The zero-order valence-corrected chi connectivity index (χ0v) is 10.6. The molecule has 0 aliphatic carbocycles. The molecule has 4 heteroatoms. The fourth-order valence-corrected chi connectivity index (χ4v) is 1.88. The van der Waals surface area contributed by atoms with Gasteiger partial charge in [0.25, 0.3) is 0 Å². The second-order valence-corrected chi connectivity index (χ2v) is 4.16. The van der Waals surface area contributed by atoms with Crippen LogP contribution in [0.5, 0.6) is 5.88 Å². The summed E-state index contributed by atoms with van der Waals surface area (Å²) in [6.07, 6.45) is 1.83. The molecule has 3 nitrogen and oxygen atoms in total. The van der Waals surface area contributed by atoms with Crippen molar-refractivity contribution in [2.45, 2.75) is 6.42 Å². The molecule has 0 aliphatic rings. The highest BCUT2D eigenvalue weighted by Crippen LogP contribution is 2.20. The van der Waals surface area contributed by atoms with E-state index in [2.05, 4.69) is 4.98 Å². The van der Waals surface area contributed by atoms with Gasteiger partial charge in [0, 0.05) is 17.6 Å². The fraction of sp³-hybridized carbons (Fsp3) is 0.143. The summed E-state index contributed by atoms with van der Waals surface area (Å²) in [6.45, 7) is 0. The number of aromatic nitrogens is 1. The van der Waals surface area contributed by atoms with E-state index in [1.807, 2.05) is 18.2 Å². The number of ether oxygens (including phenoxy) is 1. The van der Waals surface area contributed by atoms with Crippen LogP contribution >= 0.6 is 11.6 Å². The Bertz CT molecular complexity index is 569. The summed E-state index contributed by atoms with van der Waals surface area (Å²) in [5, 5.41) is 0.591. The molecular formula is C14H12ClNO2. The molecule has 1 aromatic heterocycles. The average molecular weight is 262 g/mol. The number of ketones is 1. The SMILES string of the molecule is COc1ncccc1C(=O)Cc1ccccc1Cl. The molecule has 0 N–H and O–H groups in total. The lowest BCUT2D eigenvalue weighted by molar-refractivity contribution is 0.0989. The van der Waals surface area contributed by atoms with Crippen molar-refractivity contribution in [2.24, 2.45) is 0 Å². The lowest BCUT2D eigenvalue weighted by Gasteiger charge is -2.06. The summed E-state index contributed by atoms with van der Waals surface area (Å²) in [5.41, 5.74) is 1.27. The van der Waals surface area contributed by atoms with E-state index in [0.717, 1.165) is 5.56 Å². The molecule has 1 heterocycles. The molecule has 0 aliphatic heterocycles. The minimum Gasteiger partial charge on any atom is -0.480 e. The molecule has 2 rings (SSSR count). The van der Waals surface area contributed by atoms with Gasteiger partial charge in [-0.3, -0.25) is 4.79 Å². The topological polar surface area (TPSA) is 39.2 Å². The van der Waals surface area contributed by atoms with Crippen molar-refractivity contribution in [3.8, 4) is 5.88 Å². The lowest BCUT2D eigenvalue weighted by Crippen LogP contribution is -2.07. The Labute approximate surface area is 110 Å². The molecule has 0 unspecified atom stereocenters. The first-order valence-electron chi connectivity index (χ1n) is 5.48. The number of methoxy groups -OCH3 is 1. The normalized spacial score (nSPS) is 10.1. The van der Waals surface area contributed by atoms with Gasteiger partial charge in [0.2, 0.25) is 5.88 Å². The minimum absolute atomic E-state index is 0.0620. The highest BCUT2D eigenvalue weighted by atomic mass is 35.5. The van der Waals surface area contributed by atoms with E-state index in [-0.39, 0.29) is 12.2 Å². The summed E-state index contributed by atoms with van der Waals surface area (Å²) >= 11 is 6.03. The van der Waals surface area contributed by atoms with E-state index in [1.54, 1.807) is 24.4 Å². The van der Waals surface area contributed by atoms with E-state index in [9.17, 15) is 4.79 Å². The number of nitrogens with zero attached hydrogens (tertiary/aromatic N) is 1. The zero-order chi connectivity index (χ0) is 13.0. The van der Waals surface area contributed by atoms with Crippen molar-refractivity contribution < 1.29 is 9.53 Å². The summed E-state index contributed by atoms with van der Waals surface area (Å²) in [6, 6.07) is 10.7. The van der Waals surface area contributed by atoms with Gasteiger partial charge in [-0.05, 0) is 23.8 Å².